The van der Waals surface area contributed by atoms with Gasteiger partial charge in [0, 0.05) is 0 Å². The molecule has 1 aliphatic heterocycles. The summed E-state index contributed by atoms with van der Waals surface area (Å²) >= 11 is 0. The summed E-state index contributed by atoms with van der Waals surface area (Å²) in [7, 11) is 0. The Bertz CT molecular complexity index is 445. The second kappa shape index (κ2) is 4.00. The Labute approximate surface area is 86.1 Å². The molecule has 76 valence electrons. The van der Waals surface area contributed by atoms with Crippen molar-refractivity contribution in [2.75, 3.05) is 6.67 Å². The molecule has 0 aromatic heterocycles. The van der Waals surface area contributed by atoms with Crippen LogP contribution in [0.15, 0.2) is 39.2 Å². The van der Waals surface area contributed by atoms with Crippen molar-refractivity contribution >= 4 is 23.4 Å². The standard InChI is InChI=1S/C10H9FN4/c11-7-1-3-8(4-2-7)15-10(12)9-5-13-6-14-9/h1-5H,6H2,(H2,12,15). The molecule has 0 amide bonds. The van der Waals surface area contributed by atoms with Gasteiger partial charge in [0.25, 0.3) is 0 Å². The van der Waals surface area contributed by atoms with Crippen LogP contribution >= 0.6 is 0 Å². The highest BCUT2D eigenvalue weighted by molar-refractivity contribution is 6.62. The number of rotatable bonds is 2. The number of aliphatic imine (C=N–C) groups is 3. The first-order valence-electron chi connectivity index (χ1n) is 4.40. The van der Waals surface area contributed by atoms with Crippen LogP contribution in [0.25, 0.3) is 0 Å². The van der Waals surface area contributed by atoms with Crippen molar-refractivity contribution in [1.29, 1.82) is 0 Å². The molecule has 4 nitrogen and oxygen atoms in total. The molecular formula is C10H9FN4. The maximum Gasteiger partial charge on any atom is 0.151 e. The monoisotopic (exact) mass is 204 g/mol. The van der Waals surface area contributed by atoms with Crippen LogP contribution in [-0.2, 0) is 0 Å². The van der Waals surface area contributed by atoms with Gasteiger partial charge < -0.3 is 5.73 Å². The van der Waals surface area contributed by atoms with E-state index < -0.39 is 0 Å². The number of hydrogen-bond acceptors (Lipinski definition) is 3. The average molecular weight is 204 g/mol. The summed E-state index contributed by atoms with van der Waals surface area (Å²) in [5, 5.41) is 0. The summed E-state index contributed by atoms with van der Waals surface area (Å²) in [6.45, 7) is 0.398. The molecule has 0 saturated carbocycles. The molecule has 15 heavy (non-hydrogen) atoms. The predicted octanol–water partition coefficient (Wildman–Crippen LogP) is 1.30. The second-order valence-electron chi connectivity index (χ2n) is 2.97. The molecule has 0 bridgehead atoms. The molecule has 1 aromatic rings. The second-order valence-corrected chi connectivity index (χ2v) is 2.97. The highest BCUT2D eigenvalue weighted by Crippen LogP contribution is 2.12. The largest absolute Gasteiger partial charge is 0.382 e. The lowest BCUT2D eigenvalue weighted by Gasteiger charge is -1.97. The Morgan fingerprint density at radius 2 is 2.07 bits per heavy atom. The summed E-state index contributed by atoms with van der Waals surface area (Å²) in [4.78, 5) is 12.0. The molecule has 1 heterocycles. The Morgan fingerprint density at radius 1 is 1.33 bits per heavy atom. The van der Waals surface area contributed by atoms with Crippen molar-refractivity contribution in [1.82, 2.24) is 0 Å². The van der Waals surface area contributed by atoms with Gasteiger partial charge >= 0.3 is 0 Å². The Kier molecular flexibility index (Phi) is 2.53. The lowest BCUT2D eigenvalue weighted by atomic mass is 10.3. The fraction of sp³-hybridized carbons (Fsp3) is 0.100. The fourth-order valence-corrected chi connectivity index (χ4v) is 1.14. The van der Waals surface area contributed by atoms with Crippen LogP contribution in [0.5, 0.6) is 0 Å². The van der Waals surface area contributed by atoms with E-state index >= 15 is 0 Å². The van der Waals surface area contributed by atoms with E-state index in [-0.39, 0.29) is 5.82 Å². The maximum atomic E-state index is 12.6. The van der Waals surface area contributed by atoms with Gasteiger partial charge in [-0.2, -0.15) is 0 Å². The number of amidine groups is 1. The van der Waals surface area contributed by atoms with Gasteiger partial charge in [0.2, 0.25) is 0 Å². The molecule has 0 radical (unpaired) electrons. The van der Waals surface area contributed by atoms with Crippen LogP contribution < -0.4 is 5.73 Å². The maximum absolute atomic E-state index is 12.6. The van der Waals surface area contributed by atoms with Crippen molar-refractivity contribution in [3.05, 3.63) is 30.1 Å². The zero-order valence-corrected chi connectivity index (χ0v) is 7.89. The third kappa shape index (κ3) is 2.25. The van der Waals surface area contributed by atoms with Crippen molar-refractivity contribution in [3.8, 4) is 0 Å². The summed E-state index contributed by atoms with van der Waals surface area (Å²) < 4.78 is 12.6. The molecule has 0 spiro atoms. The van der Waals surface area contributed by atoms with Crippen LogP contribution in [-0.4, -0.2) is 24.4 Å². The molecule has 0 saturated heterocycles. The first-order valence-corrected chi connectivity index (χ1v) is 4.40. The third-order valence-electron chi connectivity index (χ3n) is 1.87. The molecule has 0 atom stereocenters. The quantitative estimate of drug-likeness (QED) is 0.572. The zero-order chi connectivity index (χ0) is 10.7. The number of halogens is 1. The van der Waals surface area contributed by atoms with E-state index in [2.05, 4.69) is 15.0 Å². The van der Waals surface area contributed by atoms with Gasteiger partial charge in [0.1, 0.15) is 18.2 Å². The van der Waals surface area contributed by atoms with Crippen LogP contribution in [0.3, 0.4) is 0 Å². The number of benzene rings is 1. The summed E-state index contributed by atoms with van der Waals surface area (Å²) in [6, 6.07) is 5.76. The minimum atomic E-state index is -0.299. The Hall–Kier alpha value is -2.04. The van der Waals surface area contributed by atoms with E-state index in [4.69, 9.17) is 5.73 Å². The molecular weight excluding hydrogens is 195 g/mol. The van der Waals surface area contributed by atoms with Crippen LogP contribution in [0.1, 0.15) is 0 Å². The van der Waals surface area contributed by atoms with Crippen molar-refractivity contribution in [3.63, 3.8) is 0 Å². The SMILES string of the molecule is N/C(=N/c1ccc(F)cc1)C1=NCN=C1. The van der Waals surface area contributed by atoms with E-state index in [0.29, 0.717) is 23.9 Å². The van der Waals surface area contributed by atoms with E-state index in [1.165, 1.54) is 12.1 Å². The average Bonchev–Trinajstić information content (AvgIpc) is 2.74. The van der Waals surface area contributed by atoms with Gasteiger partial charge in [0.05, 0.1) is 11.9 Å². The zero-order valence-electron chi connectivity index (χ0n) is 7.89. The van der Waals surface area contributed by atoms with Crippen LogP contribution in [0.4, 0.5) is 10.1 Å². The first-order chi connectivity index (χ1) is 7.25. The van der Waals surface area contributed by atoms with Gasteiger partial charge in [0.15, 0.2) is 5.84 Å². The summed E-state index contributed by atoms with van der Waals surface area (Å²) in [6.07, 6.45) is 1.57. The number of nitrogens with zero attached hydrogens (tertiary/aromatic N) is 3. The lowest BCUT2D eigenvalue weighted by Crippen LogP contribution is -2.23. The minimum absolute atomic E-state index is 0.294. The third-order valence-corrected chi connectivity index (χ3v) is 1.87. The molecule has 0 fully saturated rings. The first kappa shape index (κ1) is 9.51. The number of hydrogen-bond donors (Lipinski definition) is 1. The Morgan fingerprint density at radius 3 is 2.67 bits per heavy atom. The van der Waals surface area contributed by atoms with E-state index in [9.17, 15) is 4.39 Å². The highest BCUT2D eigenvalue weighted by atomic mass is 19.1. The smallest absolute Gasteiger partial charge is 0.151 e. The summed E-state index contributed by atoms with van der Waals surface area (Å²) in [5.74, 6) is -0.00449. The summed E-state index contributed by atoms with van der Waals surface area (Å²) in [5.41, 5.74) is 6.85. The van der Waals surface area contributed by atoms with Gasteiger partial charge in [-0.1, -0.05) is 0 Å². The highest BCUT2D eigenvalue weighted by Gasteiger charge is 2.05. The topological polar surface area (TPSA) is 63.1 Å². The molecule has 5 heteroatoms. The normalized spacial score (nSPS) is 15.5. The van der Waals surface area contributed by atoms with E-state index in [0.717, 1.165) is 0 Å². The molecule has 0 aliphatic carbocycles. The molecule has 2 N–H and O–H groups in total. The van der Waals surface area contributed by atoms with Crippen molar-refractivity contribution in [2.45, 2.75) is 0 Å². The van der Waals surface area contributed by atoms with E-state index in [1.807, 2.05) is 0 Å². The lowest BCUT2D eigenvalue weighted by molar-refractivity contribution is 0.628. The van der Waals surface area contributed by atoms with Crippen LogP contribution in [0, 0.1) is 5.82 Å². The van der Waals surface area contributed by atoms with Gasteiger partial charge in [-0.3, -0.25) is 9.98 Å². The minimum Gasteiger partial charge on any atom is -0.382 e. The van der Waals surface area contributed by atoms with Crippen LogP contribution in [0.2, 0.25) is 0 Å². The fourth-order valence-electron chi connectivity index (χ4n) is 1.14. The molecule has 1 aliphatic rings. The Balaban J connectivity index is 2.22. The van der Waals surface area contributed by atoms with E-state index in [1.54, 1.807) is 18.3 Å². The van der Waals surface area contributed by atoms with Gasteiger partial charge in [-0.05, 0) is 24.3 Å². The van der Waals surface area contributed by atoms with Crippen molar-refractivity contribution in [2.24, 2.45) is 20.7 Å². The molecule has 1 aromatic carbocycles. The van der Waals surface area contributed by atoms with Gasteiger partial charge in [-0.15, -0.1) is 0 Å². The van der Waals surface area contributed by atoms with Gasteiger partial charge in [-0.25, -0.2) is 9.38 Å². The number of nitrogens with two attached hydrogens (primary N) is 1. The molecule has 0 unspecified atom stereocenters. The van der Waals surface area contributed by atoms with Crippen molar-refractivity contribution < 1.29 is 4.39 Å². The molecule has 2 rings (SSSR count). The predicted molar refractivity (Wildman–Crippen MR) is 58.5 cm³/mol.